The summed E-state index contributed by atoms with van der Waals surface area (Å²) in [6.45, 7) is 2.98. The highest BCUT2D eigenvalue weighted by molar-refractivity contribution is 5.00. The summed E-state index contributed by atoms with van der Waals surface area (Å²) < 4.78 is 5.57. The van der Waals surface area contributed by atoms with Gasteiger partial charge in [-0.1, -0.05) is 0 Å². The Morgan fingerprint density at radius 1 is 1.50 bits per heavy atom. The fraction of sp³-hybridized carbons (Fsp3) is 1.00. The Kier molecular flexibility index (Phi) is 1.29. The molecule has 0 amide bonds. The minimum absolute atomic E-state index is 0.0266. The molecule has 2 unspecified atom stereocenters. The summed E-state index contributed by atoms with van der Waals surface area (Å²) in [5, 5.41) is 0. The van der Waals surface area contributed by atoms with Crippen LogP contribution in [0.3, 0.4) is 0 Å². The third-order valence-electron chi connectivity index (χ3n) is 2.64. The molecule has 2 N–H and O–H groups in total. The van der Waals surface area contributed by atoms with Gasteiger partial charge in [0, 0.05) is 12.1 Å². The van der Waals surface area contributed by atoms with Crippen LogP contribution in [0, 0.1) is 5.92 Å². The first-order valence-electron chi connectivity index (χ1n) is 4.11. The predicted molar refractivity (Wildman–Crippen MR) is 39.7 cm³/mol. The van der Waals surface area contributed by atoms with Gasteiger partial charge in [-0.05, 0) is 32.1 Å². The Balaban J connectivity index is 2.05. The smallest absolute Gasteiger partial charge is 0.0780 e. The lowest BCUT2D eigenvalue weighted by molar-refractivity contribution is 0.0674. The van der Waals surface area contributed by atoms with Crippen LogP contribution in [0.4, 0.5) is 0 Å². The van der Waals surface area contributed by atoms with Crippen molar-refractivity contribution in [3.8, 4) is 0 Å². The van der Waals surface area contributed by atoms with Crippen molar-refractivity contribution >= 4 is 0 Å². The quantitative estimate of drug-likeness (QED) is 0.589. The maximum absolute atomic E-state index is 6.04. The van der Waals surface area contributed by atoms with Crippen LogP contribution in [0.15, 0.2) is 0 Å². The van der Waals surface area contributed by atoms with Crippen molar-refractivity contribution in [1.29, 1.82) is 0 Å². The lowest BCUT2D eigenvalue weighted by Gasteiger charge is -2.24. The molecule has 2 heteroatoms. The minimum atomic E-state index is -0.0266. The molecule has 2 fully saturated rings. The van der Waals surface area contributed by atoms with E-state index in [0.29, 0.717) is 6.10 Å². The number of hydrogen-bond donors (Lipinski definition) is 1. The molecule has 0 aromatic heterocycles. The van der Waals surface area contributed by atoms with E-state index < -0.39 is 0 Å². The van der Waals surface area contributed by atoms with E-state index in [0.717, 1.165) is 18.9 Å². The molecule has 10 heavy (non-hydrogen) atoms. The Morgan fingerprint density at radius 3 is 2.60 bits per heavy atom. The van der Waals surface area contributed by atoms with Crippen LogP contribution in [-0.2, 0) is 4.74 Å². The molecule has 1 saturated heterocycles. The van der Waals surface area contributed by atoms with Gasteiger partial charge >= 0.3 is 0 Å². The van der Waals surface area contributed by atoms with Crippen LogP contribution >= 0.6 is 0 Å². The van der Waals surface area contributed by atoms with E-state index in [2.05, 4.69) is 6.92 Å². The van der Waals surface area contributed by atoms with Crippen molar-refractivity contribution in [2.75, 3.05) is 6.61 Å². The van der Waals surface area contributed by atoms with Crippen LogP contribution < -0.4 is 5.73 Å². The van der Waals surface area contributed by atoms with Gasteiger partial charge < -0.3 is 10.5 Å². The van der Waals surface area contributed by atoms with Gasteiger partial charge in [0.05, 0.1) is 6.10 Å². The molecule has 0 spiro atoms. The molecule has 2 nitrogen and oxygen atoms in total. The molecule has 1 aliphatic carbocycles. The van der Waals surface area contributed by atoms with E-state index in [-0.39, 0.29) is 5.54 Å². The third kappa shape index (κ3) is 0.956. The SMILES string of the molecule is CC1(N)CCOC1C1CC1. The second-order valence-corrected chi connectivity index (χ2v) is 3.88. The number of ether oxygens (including phenoxy) is 1. The highest BCUT2D eigenvalue weighted by atomic mass is 16.5. The Morgan fingerprint density at radius 2 is 2.20 bits per heavy atom. The number of rotatable bonds is 1. The van der Waals surface area contributed by atoms with Gasteiger partial charge in [-0.15, -0.1) is 0 Å². The molecule has 2 atom stereocenters. The van der Waals surface area contributed by atoms with E-state index in [1.807, 2.05) is 0 Å². The van der Waals surface area contributed by atoms with Gasteiger partial charge in [-0.25, -0.2) is 0 Å². The highest BCUT2D eigenvalue weighted by Gasteiger charge is 2.45. The summed E-state index contributed by atoms with van der Waals surface area (Å²) in [5.74, 6) is 0.789. The van der Waals surface area contributed by atoms with E-state index >= 15 is 0 Å². The first-order valence-corrected chi connectivity index (χ1v) is 4.11. The van der Waals surface area contributed by atoms with Crippen molar-refractivity contribution in [2.24, 2.45) is 11.7 Å². The maximum atomic E-state index is 6.04. The highest BCUT2D eigenvalue weighted by Crippen LogP contribution is 2.41. The van der Waals surface area contributed by atoms with Crippen molar-refractivity contribution < 1.29 is 4.74 Å². The molecular formula is C8H15NO. The Bertz CT molecular complexity index is 140. The zero-order valence-electron chi connectivity index (χ0n) is 6.47. The van der Waals surface area contributed by atoms with Gasteiger partial charge in [-0.2, -0.15) is 0 Å². The molecule has 58 valence electrons. The Labute approximate surface area is 61.7 Å². The number of nitrogens with two attached hydrogens (primary N) is 1. The summed E-state index contributed by atoms with van der Waals surface area (Å²) in [7, 11) is 0. The monoisotopic (exact) mass is 141 g/mol. The van der Waals surface area contributed by atoms with Gasteiger partial charge in [0.15, 0.2) is 0 Å². The zero-order chi connectivity index (χ0) is 7.19. The molecule has 1 saturated carbocycles. The van der Waals surface area contributed by atoms with Gasteiger partial charge in [-0.3, -0.25) is 0 Å². The topological polar surface area (TPSA) is 35.2 Å². The van der Waals surface area contributed by atoms with Crippen molar-refractivity contribution in [1.82, 2.24) is 0 Å². The molecule has 0 bridgehead atoms. The molecule has 0 aromatic carbocycles. The summed E-state index contributed by atoms with van der Waals surface area (Å²) in [5.41, 5.74) is 6.01. The normalized spacial score (nSPS) is 48.0. The molecule has 1 aliphatic heterocycles. The number of hydrogen-bond acceptors (Lipinski definition) is 2. The lowest BCUT2D eigenvalue weighted by atomic mass is 9.92. The molecule has 0 aromatic rings. The predicted octanol–water partition coefficient (Wildman–Crippen LogP) is 0.903. The van der Waals surface area contributed by atoms with E-state index in [4.69, 9.17) is 10.5 Å². The summed E-state index contributed by atoms with van der Waals surface area (Å²) in [6, 6.07) is 0. The van der Waals surface area contributed by atoms with Crippen molar-refractivity contribution in [2.45, 2.75) is 37.8 Å². The molecular weight excluding hydrogens is 126 g/mol. The minimum Gasteiger partial charge on any atom is -0.376 e. The molecule has 1 heterocycles. The van der Waals surface area contributed by atoms with Crippen molar-refractivity contribution in [3.63, 3.8) is 0 Å². The van der Waals surface area contributed by atoms with Crippen LogP contribution in [0.1, 0.15) is 26.2 Å². The second kappa shape index (κ2) is 1.95. The first-order chi connectivity index (χ1) is 4.70. The first kappa shape index (κ1) is 6.62. The maximum Gasteiger partial charge on any atom is 0.0780 e. The van der Waals surface area contributed by atoms with E-state index in [1.54, 1.807) is 0 Å². The third-order valence-corrected chi connectivity index (χ3v) is 2.64. The van der Waals surface area contributed by atoms with Gasteiger partial charge in [0.1, 0.15) is 0 Å². The Hall–Kier alpha value is -0.0800. The fourth-order valence-corrected chi connectivity index (χ4v) is 1.81. The van der Waals surface area contributed by atoms with Crippen LogP contribution in [0.5, 0.6) is 0 Å². The van der Waals surface area contributed by atoms with E-state index in [1.165, 1.54) is 12.8 Å². The van der Waals surface area contributed by atoms with E-state index in [9.17, 15) is 0 Å². The summed E-state index contributed by atoms with van der Waals surface area (Å²) in [6.07, 6.45) is 4.07. The zero-order valence-corrected chi connectivity index (χ0v) is 6.47. The van der Waals surface area contributed by atoms with Crippen LogP contribution in [0.2, 0.25) is 0 Å². The fourth-order valence-electron chi connectivity index (χ4n) is 1.81. The molecule has 2 aliphatic rings. The largest absolute Gasteiger partial charge is 0.376 e. The standard InChI is InChI=1S/C8H15NO/c1-8(9)4-5-10-7(8)6-2-3-6/h6-7H,2-5,9H2,1H3. The van der Waals surface area contributed by atoms with Crippen LogP contribution in [0.25, 0.3) is 0 Å². The van der Waals surface area contributed by atoms with Gasteiger partial charge in [0.25, 0.3) is 0 Å². The average molecular weight is 141 g/mol. The van der Waals surface area contributed by atoms with Crippen molar-refractivity contribution in [3.05, 3.63) is 0 Å². The summed E-state index contributed by atoms with van der Waals surface area (Å²) in [4.78, 5) is 0. The average Bonchev–Trinajstić information content (AvgIpc) is 2.58. The van der Waals surface area contributed by atoms with Gasteiger partial charge in [0.2, 0.25) is 0 Å². The summed E-state index contributed by atoms with van der Waals surface area (Å²) >= 11 is 0. The lowest BCUT2D eigenvalue weighted by Crippen LogP contribution is -2.45. The molecule has 0 radical (unpaired) electrons. The molecule has 2 rings (SSSR count). The van der Waals surface area contributed by atoms with Crippen LogP contribution in [-0.4, -0.2) is 18.2 Å². The second-order valence-electron chi connectivity index (χ2n) is 3.88.